The minimum atomic E-state index is 0.484. The maximum Gasteiger partial charge on any atom is 0.223 e. The van der Waals surface area contributed by atoms with Gasteiger partial charge in [-0.15, -0.1) is 0 Å². The summed E-state index contributed by atoms with van der Waals surface area (Å²) in [6.07, 6.45) is 4.06. The molecule has 0 aliphatic rings. The first-order valence-corrected chi connectivity index (χ1v) is 6.59. The van der Waals surface area contributed by atoms with Crippen LogP contribution in [0.2, 0.25) is 0 Å². The molecule has 7 nitrogen and oxygen atoms in total. The molecule has 0 aromatic carbocycles. The lowest BCUT2D eigenvalue weighted by Gasteiger charge is -2.09. The third-order valence-electron chi connectivity index (χ3n) is 2.64. The van der Waals surface area contributed by atoms with Crippen LogP contribution in [0.3, 0.4) is 0 Å². The van der Waals surface area contributed by atoms with Gasteiger partial charge in [-0.3, -0.25) is 0 Å². The maximum atomic E-state index is 4.92. The van der Waals surface area contributed by atoms with E-state index in [9.17, 15) is 0 Å². The molecule has 2 aromatic heterocycles. The molecule has 7 heteroatoms. The van der Waals surface area contributed by atoms with Gasteiger partial charge in [-0.1, -0.05) is 5.16 Å². The van der Waals surface area contributed by atoms with Crippen LogP contribution in [0.25, 0.3) is 0 Å². The molecule has 20 heavy (non-hydrogen) atoms. The average Bonchev–Trinajstić information content (AvgIpc) is 3.02. The van der Waals surface area contributed by atoms with E-state index in [0.717, 1.165) is 12.5 Å². The average molecular weight is 276 g/mol. The van der Waals surface area contributed by atoms with Crippen LogP contribution in [-0.2, 0) is 20.1 Å². The van der Waals surface area contributed by atoms with E-state index in [1.165, 1.54) is 5.56 Å². The Morgan fingerprint density at radius 1 is 1.45 bits per heavy atom. The summed E-state index contributed by atoms with van der Waals surface area (Å²) in [6, 6.07) is 2.05. The summed E-state index contributed by atoms with van der Waals surface area (Å²) in [5.74, 6) is 1.92. The number of nitrogens with one attached hydrogen (secondary N) is 2. The fraction of sp³-hybridized carbons (Fsp3) is 0.462. The van der Waals surface area contributed by atoms with Gasteiger partial charge in [0.15, 0.2) is 11.8 Å². The van der Waals surface area contributed by atoms with Crippen LogP contribution in [-0.4, -0.2) is 27.2 Å². The van der Waals surface area contributed by atoms with E-state index in [4.69, 9.17) is 4.52 Å². The summed E-state index contributed by atoms with van der Waals surface area (Å²) >= 11 is 0. The molecule has 2 rings (SSSR count). The predicted octanol–water partition coefficient (Wildman–Crippen LogP) is 0.972. The van der Waals surface area contributed by atoms with Gasteiger partial charge in [0, 0.05) is 32.9 Å². The molecule has 0 amide bonds. The van der Waals surface area contributed by atoms with Gasteiger partial charge in [0.1, 0.15) is 0 Å². The van der Waals surface area contributed by atoms with Gasteiger partial charge in [-0.05, 0) is 18.6 Å². The van der Waals surface area contributed by atoms with Crippen molar-refractivity contribution in [2.24, 2.45) is 12.0 Å². The molecule has 0 saturated carbocycles. The molecule has 0 saturated heterocycles. The second kappa shape index (κ2) is 6.74. The van der Waals surface area contributed by atoms with Crippen LogP contribution >= 0.6 is 0 Å². The van der Waals surface area contributed by atoms with E-state index in [2.05, 4.69) is 38.0 Å². The summed E-state index contributed by atoms with van der Waals surface area (Å²) in [5, 5.41) is 10.2. The van der Waals surface area contributed by atoms with E-state index < -0.39 is 0 Å². The fourth-order valence-electron chi connectivity index (χ4n) is 1.74. The highest BCUT2D eigenvalue weighted by molar-refractivity contribution is 5.79. The number of aliphatic imine (C=N–C) groups is 1. The SMILES string of the molecule is CCNC(=NCc1ccn(C)c1)NCc1noc(C)n1. The van der Waals surface area contributed by atoms with Crippen LogP contribution in [0.5, 0.6) is 0 Å². The minimum Gasteiger partial charge on any atom is -0.357 e. The molecule has 0 unspecified atom stereocenters. The summed E-state index contributed by atoms with van der Waals surface area (Å²) in [7, 11) is 2.00. The van der Waals surface area contributed by atoms with Crippen molar-refractivity contribution in [1.82, 2.24) is 25.3 Å². The van der Waals surface area contributed by atoms with Crippen LogP contribution < -0.4 is 10.6 Å². The lowest BCUT2D eigenvalue weighted by Crippen LogP contribution is -2.37. The van der Waals surface area contributed by atoms with Crippen LogP contribution in [0, 0.1) is 6.92 Å². The summed E-state index contributed by atoms with van der Waals surface area (Å²) in [4.78, 5) is 8.65. The van der Waals surface area contributed by atoms with Gasteiger partial charge < -0.3 is 19.7 Å². The van der Waals surface area contributed by atoms with Gasteiger partial charge in [0.2, 0.25) is 5.89 Å². The van der Waals surface area contributed by atoms with Crippen LogP contribution in [0.1, 0.15) is 24.2 Å². The molecule has 0 bridgehead atoms. The molecule has 0 aliphatic carbocycles. The van der Waals surface area contributed by atoms with Crippen molar-refractivity contribution in [1.29, 1.82) is 0 Å². The van der Waals surface area contributed by atoms with E-state index in [-0.39, 0.29) is 0 Å². The Balaban J connectivity index is 1.91. The van der Waals surface area contributed by atoms with Crippen molar-refractivity contribution < 1.29 is 4.52 Å². The summed E-state index contributed by atoms with van der Waals surface area (Å²) < 4.78 is 6.93. The molecule has 0 radical (unpaired) electrons. The zero-order chi connectivity index (χ0) is 14.4. The van der Waals surface area contributed by atoms with Gasteiger partial charge >= 0.3 is 0 Å². The number of guanidine groups is 1. The highest BCUT2D eigenvalue weighted by Gasteiger charge is 2.03. The minimum absolute atomic E-state index is 0.484. The van der Waals surface area contributed by atoms with Crippen molar-refractivity contribution >= 4 is 5.96 Å². The Hall–Kier alpha value is -2.31. The first-order chi connectivity index (χ1) is 9.67. The number of aryl methyl sites for hydroxylation is 2. The largest absolute Gasteiger partial charge is 0.357 e. The summed E-state index contributed by atoms with van der Waals surface area (Å²) in [6.45, 7) is 5.70. The molecular formula is C13H20N6O. The Morgan fingerprint density at radius 3 is 2.90 bits per heavy atom. The lowest BCUT2D eigenvalue weighted by molar-refractivity contribution is 0.387. The van der Waals surface area contributed by atoms with E-state index >= 15 is 0 Å². The Labute approximate surface area is 118 Å². The van der Waals surface area contributed by atoms with Crippen molar-refractivity contribution in [3.05, 3.63) is 35.7 Å². The second-order valence-corrected chi connectivity index (χ2v) is 4.46. The molecule has 0 aliphatic heterocycles. The van der Waals surface area contributed by atoms with Crippen molar-refractivity contribution in [2.45, 2.75) is 26.9 Å². The van der Waals surface area contributed by atoms with Gasteiger partial charge in [0.05, 0.1) is 13.1 Å². The first-order valence-electron chi connectivity index (χ1n) is 6.59. The Bertz CT molecular complexity index is 571. The number of hydrogen-bond donors (Lipinski definition) is 2. The van der Waals surface area contributed by atoms with E-state index in [1.807, 2.05) is 24.7 Å². The fourth-order valence-corrected chi connectivity index (χ4v) is 1.74. The highest BCUT2D eigenvalue weighted by atomic mass is 16.5. The number of rotatable bonds is 5. The van der Waals surface area contributed by atoms with Gasteiger partial charge in [-0.25, -0.2) is 4.99 Å². The van der Waals surface area contributed by atoms with Crippen molar-refractivity contribution in [3.8, 4) is 0 Å². The van der Waals surface area contributed by atoms with Crippen LogP contribution in [0.4, 0.5) is 0 Å². The quantitative estimate of drug-likeness (QED) is 0.628. The smallest absolute Gasteiger partial charge is 0.223 e. The number of hydrogen-bond acceptors (Lipinski definition) is 4. The number of nitrogens with zero attached hydrogens (tertiary/aromatic N) is 4. The molecule has 108 valence electrons. The zero-order valence-electron chi connectivity index (χ0n) is 12.1. The zero-order valence-corrected chi connectivity index (χ0v) is 12.1. The molecule has 0 fully saturated rings. The molecule has 0 atom stereocenters. The summed E-state index contributed by atoms with van der Waals surface area (Å²) in [5.41, 5.74) is 1.17. The lowest BCUT2D eigenvalue weighted by atomic mass is 10.3. The molecule has 2 N–H and O–H groups in total. The first kappa shape index (κ1) is 14.1. The predicted molar refractivity (Wildman–Crippen MR) is 76.1 cm³/mol. The molecule has 0 spiro atoms. The van der Waals surface area contributed by atoms with E-state index in [0.29, 0.717) is 24.8 Å². The standard InChI is InChI=1S/C13H20N6O/c1-4-14-13(15-7-11-5-6-19(3)9-11)16-8-12-17-10(2)20-18-12/h5-6,9H,4,7-8H2,1-3H3,(H2,14,15,16). The van der Waals surface area contributed by atoms with Crippen molar-refractivity contribution in [2.75, 3.05) is 6.54 Å². The van der Waals surface area contributed by atoms with E-state index in [1.54, 1.807) is 6.92 Å². The number of aromatic nitrogens is 3. The Kier molecular flexibility index (Phi) is 4.75. The third kappa shape index (κ3) is 4.11. The van der Waals surface area contributed by atoms with Crippen LogP contribution in [0.15, 0.2) is 28.0 Å². The molecule has 2 heterocycles. The normalized spacial score (nSPS) is 11.7. The van der Waals surface area contributed by atoms with Gasteiger partial charge in [0.25, 0.3) is 0 Å². The third-order valence-corrected chi connectivity index (χ3v) is 2.64. The van der Waals surface area contributed by atoms with Gasteiger partial charge in [-0.2, -0.15) is 4.98 Å². The molecular weight excluding hydrogens is 256 g/mol. The topological polar surface area (TPSA) is 80.3 Å². The monoisotopic (exact) mass is 276 g/mol. The Morgan fingerprint density at radius 2 is 2.30 bits per heavy atom. The molecule has 2 aromatic rings. The second-order valence-electron chi connectivity index (χ2n) is 4.46. The highest BCUT2D eigenvalue weighted by Crippen LogP contribution is 2.01. The maximum absolute atomic E-state index is 4.92. The van der Waals surface area contributed by atoms with Crippen molar-refractivity contribution in [3.63, 3.8) is 0 Å².